The highest BCUT2D eigenvalue weighted by Gasteiger charge is 2.17. The van der Waals surface area contributed by atoms with Gasteiger partial charge in [-0.25, -0.2) is 12.7 Å². The second-order valence-corrected chi connectivity index (χ2v) is 7.89. The molecular weight excluding hydrogens is 294 g/mol. The summed E-state index contributed by atoms with van der Waals surface area (Å²) in [4.78, 5) is 0.331. The summed E-state index contributed by atoms with van der Waals surface area (Å²) in [5.41, 5.74) is 0. The molecule has 0 fully saturated rings. The number of nitrogens with zero attached hydrogens (tertiary/aromatic N) is 1. The molecule has 98 valence electrons. The third-order valence-electron chi connectivity index (χ3n) is 2.11. The maximum Gasteiger partial charge on any atom is 0.216 e. The predicted molar refractivity (Wildman–Crippen MR) is 70.5 cm³/mol. The van der Waals surface area contributed by atoms with Crippen molar-refractivity contribution in [3.05, 3.63) is 0 Å². The largest absolute Gasteiger partial charge is 0.378 e. The fourth-order valence-corrected chi connectivity index (χ4v) is 2.25. The minimum absolute atomic E-state index is 0.0539. The Morgan fingerprint density at radius 2 is 1.88 bits per heavy atom. The molecule has 0 aliphatic heterocycles. The Balaban J connectivity index is 4.01. The van der Waals surface area contributed by atoms with Gasteiger partial charge in [-0.2, -0.15) is 0 Å². The topological polar surface area (TPSA) is 46.6 Å². The summed E-state index contributed by atoms with van der Waals surface area (Å²) >= 11 is 3.40. The zero-order valence-electron chi connectivity index (χ0n) is 10.4. The molecule has 0 amide bonds. The molecule has 16 heavy (non-hydrogen) atoms. The molecule has 0 aliphatic carbocycles. The first-order chi connectivity index (χ1) is 7.25. The van der Waals surface area contributed by atoms with E-state index in [1.807, 2.05) is 20.8 Å². The quantitative estimate of drug-likeness (QED) is 0.642. The van der Waals surface area contributed by atoms with E-state index >= 15 is 0 Å². The second kappa shape index (κ2) is 7.63. The summed E-state index contributed by atoms with van der Waals surface area (Å²) < 4.78 is 30.1. The molecule has 0 radical (unpaired) electrons. The molecule has 0 aromatic rings. The second-order valence-electron chi connectivity index (χ2n) is 4.13. The molecule has 0 bridgehead atoms. The minimum Gasteiger partial charge on any atom is -0.378 e. The van der Waals surface area contributed by atoms with E-state index in [0.717, 1.165) is 6.42 Å². The Bertz CT molecular complexity index is 278. The highest BCUT2D eigenvalue weighted by molar-refractivity contribution is 9.09. The van der Waals surface area contributed by atoms with Crippen molar-refractivity contribution in [3.63, 3.8) is 0 Å². The fourth-order valence-electron chi connectivity index (χ4n) is 1.04. The summed E-state index contributed by atoms with van der Waals surface area (Å²) in [6.07, 6.45) is 0.879. The lowest BCUT2D eigenvalue weighted by Gasteiger charge is -2.18. The minimum atomic E-state index is -3.16. The van der Waals surface area contributed by atoms with Gasteiger partial charge in [-0.1, -0.05) is 22.9 Å². The zero-order chi connectivity index (χ0) is 12.8. The highest BCUT2D eigenvalue weighted by Crippen LogP contribution is 2.07. The van der Waals surface area contributed by atoms with Gasteiger partial charge in [0.05, 0.1) is 18.5 Å². The SMILES string of the molecule is CC(Br)CCN(C)S(=O)(=O)CCOC(C)C. The predicted octanol–water partition coefficient (Wildman–Crippen LogP) is 1.85. The molecule has 0 heterocycles. The van der Waals surface area contributed by atoms with E-state index in [2.05, 4.69) is 15.9 Å². The number of halogens is 1. The van der Waals surface area contributed by atoms with Gasteiger partial charge in [-0.05, 0) is 20.3 Å². The lowest BCUT2D eigenvalue weighted by Crippen LogP contribution is -2.32. The van der Waals surface area contributed by atoms with Crippen molar-refractivity contribution >= 4 is 26.0 Å². The van der Waals surface area contributed by atoms with Gasteiger partial charge >= 0.3 is 0 Å². The maximum absolute atomic E-state index is 11.8. The maximum atomic E-state index is 11.8. The molecule has 0 saturated carbocycles. The number of rotatable bonds is 8. The molecule has 4 nitrogen and oxygen atoms in total. The van der Waals surface area contributed by atoms with Crippen molar-refractivity contribution in [2.75, 3.05) is 26.0 Å². The number of alkyl halides is 1. The third kappa shape index (κ3) is 7.60. The van der Waals surface area contributed by atoms with Gasteiger partial charge in [0.2, 0.25) is 10.0 Å². The first-order valence-electron chi connectivity index (χ1n) is 5.45. The molecule has 0 aliphatic rings. The van der Waals surface area contributed by atoms with Crippen LogP contribution in [0.25, 0.3) is 0 Å². The lowest BCUT2D eigenvalue weighted by molar-refractivity contribution is 0.0908. The van der Waals surface area contributed by atoms with E-state index < -0.39 is 10.0 Å². The molecule has 0 N–H and O–H groups in total. The monoisotopic (exact) mass is 315 g/mol. The number of hydrogen-bond donors (Lipinski definition) is 0. The summed E-state index contributed by atoms with van der Waals surface area (Å²) in [5, 5.41) is 0. The van der Waals surface area contributed by atoms with E-state index in [-0.39, 0.29) is 18.5 Å². The van der Waals surface area contributed by atoms with E-state index in [0.29, 0.717) is 11.4 Å². The summed E-state index contributed by atoms with van der Waals surface area (Å²) in [7, 11) is -1.55. The van der Waals surface area contributed by atoms with Crippen LogP contribution in [0.4, 0.5) is 0 Å². The average molecular weight is 316 g/mol. The highest BCUT2D eigenvalue weighted by atomic mass is 79.9. The Kier molecular flexibility index (Phi) is 7.80. The summed E-state index contributed by atoms with van der Waals surface area (Å²) in [6, 6.07) is 0. The van der Waals surface area contributed by atoms with Crippen LogP contribution in [0.15, 0.2) is 0 Å². The summed E-state index contributed by atoms with van der Waals surface area (Å²) in [5.74, 6) is 0.0539. The summed E-state index contributed by atoms with van der Waals surface area (Å²) in [6.45, 7) is 6.58. The van der Waals surface area contributed by atoms with Crippen LogP contribution in [0.5, 0.6) is 0 Å². The van der Waals surface area contributed by atoms with Crippen LogP contribution in [0.1, 0.15) is 27.2 Å². The van der Waals surface area contributed by atoms with Crippen LogP contribution in [0.3, 0.4) is 0 Å². The standard InChI is InChI=1S/C10H22BrNO3S/c1-9(2)15-7-8-16(13,14)12(4)6-5-10(3)11/h9-10H,5-8H2,1-4H3. The van der Waals surface area contributed by atoms with Gasteiger partial charge in [-0.15, -0.1) is 0 Å². The van der Waals surface area contributed by atoms with Gasteiger partial charge in [0, 0.05) is 18.4 Å². The van der Waals surface area contributed by atoms with E-state index in [1.54, 1.807) is 7.05 Å². The van der Waals surface area contributed by atoms with E-state index in [9.17, 15) is 8.42 Å². The Hall–Kier alpha value is 0.350. The molecule has 0 aromatic carbocycles. The molecule has 0 rings (SSSR count). The molecular formula is C10H22BrNO3S. The molecule has 0 saturated heterocycles. The van der Waals surface area contributed by atoms with Gasteiger partial charge in [0.15, 0.2) is 0 Å². The van der Waals surface area contributed by atoms with Crippen molar-refractivity contribution in [2.45, 2.75) is 38.1 Å². The molecule has 0 spiro atoms. The van der Waals surface area contributed by atoms with Crippen LogP contribution in [0.2, 0.25) is 0 Å². The van der Waals surface area contributed by atoms with Crippen LogP contribution in [-0.2, 0) is 14.8 Å². The Morgan fingerprint density at radius 1 is 1.31 bits per heavy atom. The molecule has 6 heteroatoms. The zero-order valence-corrected chi connectivity index (χ0v) is 12.8. The first-order valence-corrected chi connectivity index (χ1v) is 7.98. The van der Waals surface area contributed by atoms with Crippen LogP contribution < -0.4 is 0 Å². The number of ether oxygens (including phenoxy) is 1. The number of sulfonamides is 1. The third-order valence-corrected chi connectivity index (χ3v) is 4.38. The Labute approximate surface area is 108 Å². The normalized spacial score (nSPS) is 14.7. The van der Waals surface area contributed by atoms with Gasteiger partial charge in [0.25, 0.3) is 0 Å². The van der Waals surface area contributed by atoms with Gasteiger partial charge < -0.3 is 4.74 Å². The van der Waals surface area contributed by atoms with Crippen LogP contribution in [-0.4, -0.2) is 49.6 Å². The van der Waals surface area contributed by atoms with Crippen LogP contribution in [0, 0.1) is 0 Å². The molecule has 1 atom stereocenters. The fraction of sp³-hybridized carbons (Fsp3) is 1.00. The molecule has 1 unspecified atom stereocenters. The van der Waals surface area contributed by atoms with Crippen molar-refractivity contribution in [2.24, 2.45) is 0 Å². The van der Waals surface area contributed by atoms with Crippen molar-refractivity contribution in [1.29, 1.82) is 0 Å². The van der Waals surface area contributed by atoms with Crippen molar-refractivity contribution in [3.8, 4) is 0 Å². The first kappa shape index (κ1) is 16.4. The smallest absolute Gasteiger partial charge is 0.216 e. The lowest BCUT2D eigenvalue weighted by atomic mass is 10.3. The Morgan fingerprint density at radius 3 is 2.31 bits per heavy atom. The molecule has 0 aromatic heterocycles. The van der Waals surface area contributed by atoms with Crippen LogP contribution >= 0.6 is 15.9 Å². The van der Waals surface area contributed by atoms with E-state index in [4.69, 9.17) is 4.74 Å². The van der Waals surface area contributed by atoms with Crippen molar-refractivity contribution in [1.82, 2.24) is 4.31 Å². The average Bonchev–Trinajstić information content (AvgIpc) is 2.12. The van der Waals surface area contributed by atoms with E-state index in [1.165, 1.54) is 4.31 Å². The van der Waals surface area contributed by atoms with Gasteiger partial charge in [-0.3, -0.25) is 0 Å². The van der Waals surface area contributed by atoms with Crippen molar-refractivity contribution < 1.29 is 13.2 Å². The number of hydrogen-bond acceptors (Lipinski definition) is 3. The van der Waals surface area contributed by atoms with Gasteiger partial charge in [0.1, 0.15) is 0 Å².